The van der Waals surface area contributed by atoms with Crippen molar-refractivity contribution >= 4 is 22.6 Å². The van der Waals surface area contributed by atoms with Gasteiger partial charge in [-0.05, 0) is 31.2 Å². The van der Waals surface area contributed by atoms with Gasteiger partial charge in [0, 0.05) is 6.20 Å². The summed E-state index contributed by atoms with van der Waals surface area (Å²) < 4.78 is 15.7. The Morgan fingerprint density at radius 3 is 2.85 bits per heavy atom. The van der Waals surface area contributed by atoms with Gasteiger partial charge in [-0.3, -0.25) is 0 Å². The second-order valence-corrected chi connectivity index (χ2v) is 5.15. The van der Waals surface area contributed by atoms with Gasteiger partial charge in [0.2, 0.25) is 0 Å². The van der Waals surface area contributed by atoms with Crippen LogP contribution in [0.25, 0.3) is 11.0 Å². The van der Waals surface area contributed by atoms with E-state index in [4.69, 9.17) is 11.6 Å². The molecule has 2 aromatic heterocycles. The molecule has 1 aromatic carbocycles. The molecule has 6 heteroatoms. The number of para-hydroxylation sites is 1. The summed E-state index contributed by atoms with van der Waals surface area (Å²) >= 11 is 6.16. The molecule has 0 aliphatic heterocycles. The van der Waals surface area contributed by atoms with Gasteiger partial charge in [0.15, 0.2) is 5.82 Å². The smallest absolute Gasteiger partial charge is 0.151 e. The lowest BCUT2D eigenvalue weighted by Crippen LogP contribution is -2.07. The van der Waals surface area contributed by atoms with Gasteiger partial charge in [-0.15, -0.1) is 11.6 Å². The SMILES string of the molecule is CC(Cl)c1nc2c(F)cccc2n1Cc1cccnn1. The number of halogens is 2. The van der Waals surface area contributed by atoms with Crippen molar-refractivity contribution in [2.24, 2.45) is 0 Å². The van der Waals surface area contributed by atoms with E-state index in [1.54, 1.807) is 12.3 Å². The topological polar surface area (TPSA) is 43.6 Å². The second-order valence-electron chi connectivity index (χ2n) is 4.49. The van der Waals surface area contributed by atoms with Crippen LogP contribution in [0.4, 0.5) is 4.39 Å². The number of nitrogens with zero attached hydrogens (tertiary/aromatic N) is 4. The van der Waals surface area contributed by atoms with Gasteiger partial charge in [0.1, 0.15) is 11.3 Å². The van der Waals surface area contributed by atoms with Gasteiger partial charge in [-0.2, -0.15) is 10.2 Å². The molecule has 2 heterocycles. The molecule has 0 saturated carbocycles. The van der Waals surface area contributed by atoms with Gasteiger partial charge in [-0.25, -0.2) is 9.37 Å². The molecule has 20 heavy (non-hydrogen) atoms. The summed E-state index contributed by atoms with van der Waals surface area (Å²) in [7, 11) is 0. The van der Waals surface area contributed by atoms with Gasteiger partial charge >= 0.3 is 0 Å². The second kappa shape index (κ2) is 5.17. The normalized spacial score (nSPS) is 12.8. The van der Waals surface area contributed by atoms with Crippen molar-refractivity contribution in [3.63, 3.8) is 0 Å². The minimum Gasteiger partial charge on any atom is -0.320 e. The lowest BCUT2D eigenvalue weighted by molar-refractivity contribution is 0.637. The van der Waals surface area contributed by atoms with Crippen LogP contribution in [0.15, 0.2) is 36.5 Å². The number of hydrogen-bond acceptors (Lipinski definition) is 3. The van der Waals surface area contributed by atoms with Crippen molar-refractivity contribution in [3.8, 4) is 0 Å². The summed E-state index contributed by atoms with van der Waals surface area (Å²) in [6.45, 7) is 2.27. The Balaban J connectivity index is 2.17. The zero-order valence-corrected chi connectivity index (χ0v) is 11.5. The number of hydrogen-bond donors (Lipinski definition) is 0. The summed E-state index contributed by atoms with van der Waals surface area (Å²) in [6, 6.07) is 8.55. The Bertz CT molecular complexity index is 740. The van der Waals surface area contributed by atoms with Crippen LogP contribution in [0.5, 0.6) is 0 Å². The third-order valence-electron chi connectivity index (χ3n) is 3.06. The van der Waals surface area contributed by atoms with E-state index in [-0.39, 0.29) is 11.2 Å². The molecular weight excluding hydrogens is 279 g/mol. The zero-order valence-electron chi connectivity index (χ0n) is 10.8. The first-order valence-corrected chi connectivity index (χ1v) is 6.66. The maximum Gasteiger partial charge on any atom is 0.151 e. The third kappa shape index (κ3) is 2.25. The fourth-order valence-corrected chi connectivity index (χ4v) is 2.35. The maximum absolute atomic E-state index is 13.8. The third-order valence-corrected chi connectivity index (χ3v) is 3.26. The molecule has 0 N–H and O–H groups in total. The Morgan fingerprint density at radius 1 is 1.30 bits per heavy atom. The highest BCUT2D eigenvalue weighted by Gasteiger charge is 2.17. The summed E-state index contributed by atoms with van der Waals surface area (Å²) in [6.07, 6.45) is 1.61. The van der Waals surface area contributed by atoms with E-state index in [2.05, 4.69) is 15.2 Å². The van der Waals surface area contributed by atoms with Crippen LogP contribution in [0.3, 0.4) is 0 Å². The fraction of sp³-hybridized carbons (Fsp3) is 0.214. The molecule has 4 nitrogen and oxygen atoms in total. The predicted octanol–water partition coefficient (Wildman–Crippen LogP) is 3.31. The molecule has 0 saturated heterocycles. The van der Waals surface area contributed by atoms with E-state index in [1.165, 1.54) is 6.07 Å². The molecule has 0 radical (unpaired) electrons. The molecule has 0 aliphatic carbocycles. The molecule has 3 rings (SSSR count). The van der Waals surface area contributed by atoms with Crippen LogP contribution in [-0.2, 0) is 6.54 Å². The summed E-state index contributed by atoms with van der Waals surface area (Å²) in [5.41, 5.74) is 1.81. The van der Waals surface area contributed by atoms with Gasteiger partial charge in [0.05, 0.1) is 23.1 Å². The van der Waals surface area contributed by atoms with Crippen LogP contribution in [0.1, 0.15) is 23.8 Å². The molecule has 0 spiro atoms. The van der Waals surface area contributed by atoms with E-state index < -0.39 is 0 Å². The van der Waals surface area contributed by atoms with Crippen LogP contribution in [-0.4, -0.2) is 19.7 Å². The van der Waals surface area contributed by atoms with E-state index in [9.17, 15) is 4.39 Å². The average Bonchev–Trinajstić information content (AvgIpc) is 2.81. The van der Waals surface area contributed by atoms with Crippen LogP contribution < -0.4 is 0 Å². The zero-order chi connectivity index (χ0) is 14.1. The monoisotopic (exact) mass is 290 g/mol. The molecule has 102 valence electrons. The summed E-state index contributed by atoms with van der Waals surface area (Å²) in [5, 5.41) is 7.57. The first-order chi connectivity index (χ1) is 9.66. The fourth-order valence-electron chi connectivity index (χ4n) is 2.18. The molecule has 0 fully saturated rings. The number of fused-ring (bicyclic) bond motifs is 1. The molecular formula is C14H12ClFN4. The Labute approximate surface area is 120 Å². The minimum absolute atomic E-state index is 0.321. The van der Waals surface area contributed by atoms with Crippen molar-refractivity contribution in [3.05, 3.63) is 53.9 Å². The highest BCUT2D eigenvalue weighted by molar-refractivity contribution is 6.20. The van der Waals surface area contributed by atoms with E-state index in [0.717, 1.165) is 5.69 Å². The largest absolute Gasteiger partial charge is 0.320 e. The first kappa shape index (κ1) is 13.0. The van der Waals surface area contributed by atoms with Gasteiger partial charge in [0.25, 0.3) is 0 Å². The Morgan fingerprint density at radius 2 is 2.15 bits per heavy atom. The van der Waals surface area contributed by atoms with Gasteiger partial charge < -0.3 is 4.57 Å². The number of aromatic nitrogens is 4. The highest BCUT2D eigenvalue weighted by atomic mass is 35.5. The molecule has 1 atom stereocenters. The minimum atomic E-state index is -0.348. The highest BCUT2D eigenvalue weighted by Crippen LogP contribution is 2.26. The molecule has 0 aliphatic rings. The van der Waals surface area contributed by atoms with Crippen molar-refractivity contribution in [1.29, 1.82) is 0 Å². The molecule has 1 unspecified atom stereocenters. The molecule has 3 aromatic rings. The Kier molecular flexibility index (Phi) is 3.36. The lowest BCUT2D eigenvalue weighted by atomic mass is 10.3. The predicted molar refractivity (Wildman–Crippen MR) is 75.1 cm³/mol. The molecule has 0 bridgehead atoms. The van der Waals surface area contributed by atoms with Crippen molar-refractivity contribution in [2.45, 2.75) is 18.8 Å². The average molecular weight is 291 g/mol. The number of benzene rings is 1. The lowest BCUT2D eigenvalue weighted by Gasteiger charge is -2.09. The van der Waals surface area contributed by atoms with Crippen molar-refractivity contribution in [2.75, 3.05) is 0 Å². The van der Waals surface area contributed by atoms with Crippen molar-refractivity contribution in [1.82, 2.24) is 19.7 Å². The summed E-state index contributed by atoms with van der Waals surface area (Å²) in [4.78, 5) is 4.32. The van der Waals surface area contributed by atoms with E-state index in [1.807, 2.05) is 29.7 Å². The Hall–Kier alpha value is -2.01. The van der Waals surface area contributed by atoms with Gasteiger partial charge in [-0.1, -0.05) is 6.07 Å². The van der Waals surface area contributed by atoms with Crippen LogP contribution in [0, 0.1) is 5.82 Å². The molecule has 0 amide bonds. The number of rotatable bonds is 3. The maximum atomic E-state index is 13.8. The van der Waals surface area contributed by atoms with E-state index >= 15 is 0 Å². The first-order valence-electron chi connectivity index (χ1n) is 6.22. The van der Waals surface area contributed by atoms with E-state index in [0.29, 0.717) is 23.4 Å². The standard InChI is InChI=1S/C14H12ClFN4/c1-9(15)14-18-13-11(16)5-2-6-12(13)20(14)8-10-4-3-7-17-19-10/h2-7,9H,8H2,1H3. The summed E-state index contributed by atoms with van der Waals surface area (Å²) in [5.74, 6) is 0.274. The van der Waals surface area contributed by atoms with Crippen LogP contribution in [0.2, 0.25) is 0 Å². The van der Waals surface area contributed by atoms with Crippen molar-refractivity contribution < 1.29 is 4.39 Å². The number of imidazole rings is 1. The quantitative estimate of drug-likeness (QED) is 0.695. The number of alkyl halides is 1. The van der Waals surface area contributed by atoms with Crippen LogP contribution >= 0.6 is 11.6 Å².